The maximum atomic E-state index is 14.3. The Morgan fingerprint density at radius 1 is 0.746 bits per heavy atom. The van der Waals surface area contributed by atoms with E-state index in [9.17, 15) is 33.6 Å². The van der Waals surface area contributed by atoms with Gasteiger partial charge in [0.05, 0.1) is 13.2 Å². The van der Waals surface area contributed by atoms with Gasteiger partial charge in [0.1, 0.15) is 36.0 Å². The van der Waals surface area contributed by atoms with Crippen LogP contribution in [0.5, 0.6) is 0 Å². The molecule has 1 aromatic rings. The molecule has 15 heteroatoms. The lowest BCUT2D eigenvalue weighted by atomic mass is 9.97. The highest BCUT2D eigenvalue weighted by Gasteiger charge is 2.47. The first-order chi connectivity index (χ1) is 27.8. The molecule has 326 valence electrons. The van der Waals surface area contributed by atoms with Gasteiger partial charge < -0.3 is 29.9 Å². The fourth-order valence-corrected chi connectivity index (χ4v) is 8.46. The molecule has 0 bridgehead atoms. The minimum absolute atomic E-state index is 0.00705. The van der Waals surface area contributed by atoms with Crippen LogP contribution in [0.3, 0.4) is 0 Å². The standard InChI is InChI=1S/C44H66N6O9/c1-25(2)35(45-40(53)37(27(5)6)47(9)10)39(52)46-36(26(3)4)42(55)48-21-15-19-30(48)41(54)49-22-16-20-31(49)44(57)59-38(28(7)8)43(56)50-32(33(58-11)24-34(50)51)23-29-17-13-12-14-18-29/h12-14,17-18,24-28,30-32,35-38H,15-16,19-23H2,1-11H3,(H,45,53)(H,46,52)/t30-,31-,32-,35-,36-,37-,38+/m0/s1. The zero-order chi connectivity index (χ0) is 43.9. The molecule has 7 atom stereocenters. The Hall–Kier alpha value is -4.79. The van der Waals surface area contributed by atoms with Crippen LogP contribution in [-0.2, 0) is 49.5 Å². The van der Waals surface area contributed by atoms with Crippen molar-refractivity contribution < 1.29 is 43.0 Å². The van der Waals surface area contributed by atoms with E-state index in [0.717, 1.165) is 10.5 Å². The third kappa shape index (κ3) is 10.9. The Kier molecular flexibility index (Phi) is 16.3. The summed E-state index contributed by atoms with van der Waals surface area (Å²) in [4.78, 5) is 103. The minimum atomic E-state index is -1.31. The number of rotatable bonds is 17. The lowest BCUT2D eigenvalue weighted by Crippen LogP contribution is -2.61. The number of carbonyl (C=O) groups excluding carboxylic acids is 7. The first-order valence-corrected chi connectivity index (χ1v) is 21.1. The van der Waals surface area contributed by atoms with Crippen molar-refractivity contribution in [2.24, 2.45) is 23.7 Å². The molecule has 4 rings (SSSR count). The number of ether oxygens (including phenoxy) is 2. The lowest BCUT2D eigenvalue weighted by molar-refractivity contribution is -0.170. The average Bonchev–Trinajstić information content (AvgIpc) is 3.93. The van der Waals surface area contributed by atoms with E-state index in [1.165, 1.54) is 23.0 Å². The number of hydrogen-bond acceptors (Lipinski definition) is 10. The summed E-state index contributed by atoms with van der Waals surface area (Å²) in [5, 5.41) is 5.80. The van der Waals surface area contributed by atoms with Crippen molar-refractivity contribution in [2.75, 3.05) is 34.3 Å². The lowest BCUT2D eigenvalue weighted by Gasteiger charge is -2.35. The van der Waals surface area contributed by atoms with Gasteiger partial charge >= 0.3 is 5.97 Å². The van der Waals surface area contributed by atoms with Crippen LogP contribution < -0.4 is 10.6 Å². The van der Waals surface area contributed by atoms with Crippen LogP contribution in [0.15, 0.2) is 42.2 Å². The number of amides is 6. The maximum Gasteiger partial charge on any atom is 0.329 e. The van der Waals surface area contributed by atoms with E-state index in [-0.39, 0.29) is 36.8 Å². The molecule has 2 N–H and O–H groups in total. The fourth-order valence-electron chi connectivity index (χ4n) is 8.46. The zero-order valence-electron chi connectivity index (χ0n) is 36.7. The molecular formula is C44H66N6O9. The van der Waals surface area contributed by atoms with Gasteiger partial charge in [0.25, 0.3) is 11.8 Å². The molecule has 0 spiro atoms. The van der Waals surface area contributed by atoms with Gasteiger partial charge in [0.2, 0.25) is 23.6 Å². The van der Waals surface area contributed by atoms with E-state index in [2.05, 4.69) is 10.6 Å². The number of hydrogen-bond donors (Lipinski definition) is 2. The molecule has 0 radical (unpaired) electrons. The third-order valence-corrected chi connectivity index (χ3v) is 11.5. The summed E-state index contributed by atoms with van der Waals surface area (Å²) in [5.74, 6) is -4.40. The normalized spacial score (nSPS) is 21.6. The summed E-state index contributed by atoms with van der Waals surface area (Å²) in [7, 11) is 5.06. The van der Waals surface area contributed by atoms with Crippen molar-refractivity contribution in [1.82, 2.24) is 30.2 Å². The highest BCUT2D eigenvalue weighted by atomic mass is 16.6. The number of esters is 1. The minimum Gasteiger partial charge on any atom is -0.499 e. The summed E-state index contributed by atoms with van der Waals surface area (Å²) >= 11 is 0. The van der Waals surface area contributed by atoms with Crippen LogP contribution in [-0.4, -0.2) is 138 Å². The molecular weight excluding hydrogens is 757 g/mol. The quantitative estimate of drug-likeness (QED) is 0.223. The molecule has 3 aliphatic rings. The Morgan fingerprint density at radius 2 is 1.32 bits per heavy atom. The summed E-state index contributed by atoms with van der Waals surface area (Å²) < 4.78 is 11.4. The smallest absolute Gasteiger partial charge is 0.329 e. The van der Waals surface area contributed by atoms with Crippen LogP contribution in [0.25, 0.3) is 0 Å². The SMILES string of the molecule is COC1=CC(=O)N(C(=O)[C@H](OC(=O)[C@@H]2CCCN2C(=O)[C@@H]2CCCN2C(=O)[C@@H](NC(=O)[C@@H](NC(=O)[C@H](C(C)C)N(C)C)C(C)C)C(C)C)C(C)C)[C@H]1Cc1ccccc1. The highest BCUT2D eigenvalue weighted by Crippen LogP contribution is 2.30. The Balaban J connectivity index is 1.48. The molecule has 2 fully saturated rings. The number of benzene rings is 1. The monoisotopic (exact) mass is 822 g/mol. The Morgan fingerprint density at radius 3 is 1.86 bits per heavy atom. The predicted molar refractivity (Wildman–Crippen MR) is 221 cm³/mol. The number of nitrogens with one attached hydrogen (secondary N) is 2. The molecule has 15 nitrogen and oxygen atoms in total. The topological polar surface area (TPSA) is 175 Å². The summed E-state index contributed by atoms with van der Waals surface area (Å²) in [6, 6.07) is 4.45. The van der Waals surface area contributed by atoms with E-state index in [4.69, 9.17) is 9.47 Å². The second-order valence-corrected chi connectivity index (χ2v) is 17.6. The molecule has 0 aromatic heterocycles. The number of likely N-dealkylation sites (tertiary alicyclic amines) is 2. The van der Waals surface area contributed by atoms with Crippen LogP contribution in [0.4, 0.5) is 0 Å². The van der Waals surface area contributed by atoms with E-state index in [0.29, 0.717) is 37.9 Å². The predicted octanol–water partition coefficient (Wildman–Crippen LogP) is 2.91. The van der Waals surface area contributed by atoms with Crippen molar-refractivity contribution in [3.63, 3.8) is 0 Å². The number of likely N-dealkylation sites (N-methyl/N-ethyl adjacent to an activating group) is 1. The molecule has 3 heterocycles. The fraction of sp³-hybridized carbons (Fsp3) is 0.659. The van der Waals surface area contributed by atoms with Crippen LogP contribution in [0, 0.1) is 23.7 Å². The number of imide groups is 1. The number of carbonyl (C=O) groups is 7. The summed E-state index contributed by atoms with van der Waals surface area (Å²) in [5.41, 5.74) is 0.885. The van der Waals surface area contributed by atoms with Crippen molar-refractivity contribution in [2.45, 2.75) is 130 Å². The zero-order valence-corrected chi connectivity index (χ0v) is 36.7. The molecule has 59 heavy (non-hydrogen) atoms. The second kappa shape index (κ2) is 20.5. The van der Waals surface area contributed by atoms with Gasteiger partial charge in [0, 0.05) is 25.6 Å². The molecule has 6 amide bonds. The first kappa shape index (κ1) is 46.9. The van der Waals surface area contributed by atoms with Crippen LogP contribution in [0.2, 0.25) is 0 Å². The first-order valence-electron chi connectivity index (χ1n) is 21.1. The highest BCUT2D eigenvalue weighted by molar-refractivity contribution is 6.06. The molecule has 1 aromatic carbocycles. The average molecular weight is 823 g/mol. The van der Waals surface area contributed by atoms with Crippen molar-refractivity contribution in [1.29, 1.82) is 0 Å². The molecule has 3 aliphatic heterocycles. The van der Waals surface area contributed by atoms with Gasteiger partial charge in [-0.25, -0.2) is 4.79 Å². The van der Waals surface area contributed by atoms with Gasteiger partial charge in [-0.15, -0.1) is 0 Å². The van der Waals surface area contributed by atoms with E-state index < -0.39 is 83.8 Å². The largest absolute Gasteiger partial charge is 0.499 e. The maximum absolute atomic E-state index is 14.3. The molecule has 0 unspecified atom stereocenters. The van der Waals surface area contributed by atoms with E-state index >= 15 is 0 Å². The molecule has 2 saturated heterocycles. The second-order valence-electron chi connectivity index (χ2n) is 17.6. The van der Waals surface area contributed by atoms with Gasteiger partial charge in [-0.1, -0.05) is 85.7 Å². The van der Waals surface area contributed by atoms with E-state index in [1.807, 2.05) is 86.0 Å². The van der Waals surface area contributed by atoms with Crippen molar-refractivity contribution in [3.8, 4) is 0 Å². The van der Waals surface area contributed by atoms with E-state index in [1.54, 1.807) is 18.7 Å². The molecule has 0 saturated carbocycles. The Labute approximate surface area is 349 Å². The van der Waals surface area contributed by atoms with Crippen molar-refractivity contribution >= 4 is 41.4 Å². The number of nitrogens with zero attached hydrogens (tertiary/aromatic N) is 4. The van der Waals surface area contributed by atoms with Gasteiger partial charge in [0.15, 0.2) is 6.10 Å². The van der Waals surface area contributed by atoms with Gasteiger partial charge in [-0.2, -0.15) is 0 Å². The van der Waals surface area contributed by atoms with Gasteiger partial charge in [-0.3, -0.25) is 38.6 Å². The third-order valence-electron chi connectivity index (χ3n) is 11.5. The summed E-state index contributed by atoms with van der Waals surface area (Å²) in [6.07, 6.45) is 2.00. The summed E-state index contributed by atoms with van der Waals surface area (Å²) in [6.45, 7) is 15.1. The van der Waals surface area contributed by atoms with Crippen LogP contribution >= 0.6 is 0 Å². The van der Waals surface area contributed by atoms with Crippen molar-refractivity contribution in [3.05, 3.63) is 47.7 Å². The molecule has 0 aliphatic carbocycles. The Bertz CT molecular complexity index is 1720. The van der Waals surface area contributed by atoms with Gasteiger partial charge in [-0.05, 0) is 69.0 Å². The van der Waals surface area contributed by atoms with Crippen LogP contribution in [0.1, 0.15) is 86.6 Å². The number of methoxy groups -OCH3 is 1.